The molecule has 0 aliphatic carbocycles. The first kappa shape index (κ1) is 13.0. The zero-order valence-corrected chi connectivity index (χ0v) is 11.8. The van der Waals surface area contributed by atoms with Crippen LogP contribution in [-0.2, 0) is 0 Å². The quantitative estimate of drug-likeness (QED) is 0.915. The lowest BCUT2D eigenvalue weighted by atomic mass is 9.94. The molecule has 2 aromatic rings. The monoisotopic (exact) mass is 273 g/mol. The lowest BCUT2D eigenvalue weighted by Crippen LogP contribution is -2.39. The van der Waals surface area contributed by atoms with Gasteiger partial charge in [0.05, 0.1) is 5.69 Å². The van der Waals surface area contributed by atoms with Crippen LogP contribution in [0.3, 0.4) is 0 Å². The number of likely N-dealkylation sites (tertiary alicyclic amines) is 1. The number of nitrogens with zero attached hydrogens (tertiary/aromatic N) is 2. The number of H-pyrrole nitrogens is 1. The number of hydrogen-bond acceptors (Lipinski definition) is 3. The van der Waals surface area contributed by atoms with Crippen molar-refractivity contribution in [3.63, 3.8) is 0 Å². The Morgan fingerprint density at radius 3 is 2.95 bits per heavy atom. The summed E-state index contributed by atoms with van der Waals surface area (Å²) in [6.45, 7) is 5.34. The third-order valence-electron chi connectivity index (χ3n) is 3.80. The molecule has 0 radical (unpaired) electrons. The van der Waals surface area contributed by atoms with Crippen LogP contribution in [0.15, 0.2) is 22.6 Å². The fraction of sp³-hybridized carbons (Fsp3) is 0.467. The predicted octanol–water partition coefficient (Wildman–Crippen LogP) is 2.64. The summed E-state index contributed by atoms with van der Waals surface area (Å²) in [5, 5.41) is 7.30. The summed E-state index contributed by atoms with van der Waals surface area (Å²) in [4.78, 5) is 14.3. The number of aromatic nitrogens is 2. The number of rotatable bonds is 2. The van der Waals surface area contributed by atoms with Crippen molar-refractivity contribution in [2.45, 2.75) is 32.6 Å². The minimum Gasteiger partial charge on any atom is -0.456 e. The van der Waals surface area contributed by atoms with E-state index in [1.807, 2.05) is 24.8 Å². The highest BCUT2D eigenvalue weighted by molar-refractivity contribution is 5.91. The SMILES string of the molecule is Cc1cc([C@@H]2CCCN(C(=O)c3ccc(C)o3)C2)n[nH]1. The number of carbonyl (C=O) groups is 1. The molecule has 1 atom stereocenters. The molecule has 5 nitrogen and oxygen atoms in total. The topological polar surface area (TPSA) is 62.1 Å². The number of amides is 1. The molecule has 5 heteroatoms. The molecular formula is C15H19N3O2. The molecule has 20 heavy (non-hydrogen) atoms. The minimum absolute atomic E-state index is 0.0185. The van der Waals surface area contributed by atoms with E-state index in [9.17, 15) is 4.79 Å². The van der Waals surface area contributed by atoms with Gasteiger partial charge in [-0.05, 0) is 44.9 Å². The minimum atomic E-state index is -0.0185. The molecule has 1 fully saturated rings. The van der Waals surface area contributed by atoms with Crippen LogP contribution in [0.25, 0.3) is 0 Å². The van der Waals surface area contributed by atoms with E-state index in [1.165, 1.54) is 0 Å². The van der Waals surface area contributed by atoms with Crippen LogP contribution >= 0.6 is 0 Å². The van der Waals surface area contributed by atoms with Gasteiger partial charge in [-0.1, -0.05) is 0 Å². The molecule has 0 unspecified atom stereocenters. The third-order valence-corrected chi connectivity index (χ3v) is 3.80. The fourth-order valence-electron chi connectivity index (χ4n) is 2.76. The van der Waals surface area contributed by atoms with Crippen LogP contribution in [0, 0.1) is 13.8 Å². The summed E-state index contributed by atoms with van der Waals surface area (Å²) in [6.07, 6.45) is 2.08. The van der Waals surface area contributed by atoms with Crippen molar-refractivity contribution in [3.05, 3.63) is 41.1 Å². The average molecular weight is 273 g/mol. The van der Waals surface area contributed by atoms with Gasteiger partial charge in [0.15, 0.2) is 5.76 Å². The standard InChI is InChI=1S/C15H19N3O2/c1-10-8-13(17-16-10)12-4-3-7-18(9-12)15(19)14-6-5-11(2)20-14/h5-6,8,12H,3-4,7,9H2,1-2H3,(H,16,17)/t12-/m1/s1. The molecule has 0 saturated carbocycles. The number of aromatic amines is 1. The van der Waals surface area contributed by atoms with E-state index in [0.29, 0.717) is 18.2 Å². The number of furan rings is 1. The Morgan fingerprint density at radius 1 is 1.45 bits per heavy atom. The molecule has 106 valence electrons. The van der Waals surface area contributed by atoms with E-state index in [1.54, 1.807) is 6.07 Å². The smallest absolute Gasteiger partial charge is 0.289 e. The third kappa shape index (κ3) is 2.48. The van der Waals surface area contributed by atoms with E-state index in [2.05, 4.69) is 16.3 Å². The largest absolute Gasteiger partial charge is 0.456 e. The van der Waals surface area contributed by atoms with Crippen molar-refractivity contribution in [2.24, 2.45) is 0 Å². The predicted molar refractivity (Wildman–Crippen MR) is 74.6 cm³/mol. The normalized spacial score (nSPS) is 19.3. The van der Waals surface area contributed by atoms with Gasteiger partial charge in [-0.25, -0.2) is 0 Å². The second-order valence-electron chi connectivity index (χ2n) is 5.48. The first-order valence-corrected chi connectivity index (χ1v) is 7.01. The van der Waals surface area contributed by atoms with Crippen molar-refractivity contribution in [1.82, 2.24) is 15.1 Å². The van der Waals surface area contributed by atoms with Crippen molar-refractivity contribution < 1.29 is 9.21 Å². The van der Waals surface area contributed by atoms with Gasteiger partial charge < -0.3 is 9.32 Å². The van der Waals surface area contributed by atoms with Gasteiger partial charge in [-0.3, -0.25) is 9.89 Å². The summed E-state index contributed by atoms with van der Waals surface area (Å²) in [6, 6.07) is 5.64. The number of nitrogens with one attached hydrogen (secondary N) is 1. The molecular weight excluding hydrogens is 254 g/mol. The first-order valence-electron chi connectivity index (χ1n) is 7.01. The molecule has 1 N–H and O–H groups in total. The van der Waals surface area contributed by atoms with Crippen molar-refractivity contribution >= 4 is 5.91 Å². The van der Waals surface area contributed by atoms with Gasteiger partial charge in [0.1, 0.15) is 5.76 Å². The first-order chi connectivity index (χ1) is 9.63. The maximum atomic E-state index is 12.4. The second-order valence-corrected chi connectivity index (χ2v) is 5.48. The van der Waals surface area contributed by atoms with Crippen molar-refractivity contribution in [2.75, 3.05) is 13.1 Å². The molecule has 0 spiro atoms. The molecule has 3 rings (SSSR count). The maximum absolute atomic E-state index is 12.4. The van der Waals surface area contributed by atoms with E-state index < -0.39 is 0 Å². The molecule has 3 heterocycles. The van der Waals surface area contributed by atoms with Crippen LogP contribution in [0.1, 0.15) is 46.5 Å². The molecule has 0 bridgehead atoms. The summed E-state index contributed by atoms with van der Waals surface area (Å²) in [5.41, 5.74) is 2.11. The Labute approximate surface area is 118 Å². The number of carbonyl (C=O) groups excluding carboxylic acids is 1. The van der Waals surface area contributed by atoms with Gasteiger partial charge in [0.25, 0.3) is 5.91 Å². The molecule has 2 aromatic heterocycles. The van der Waals surface area contributed by atoms with Gasteiger partial charge in [-0.2, -0.15) is 5.10 Å². The van der Waals surface area contributed by atoms with Gasteiger partial charge in [-0.15, -0.1) is 0 Å². The van der Waals surface area contributed by atoms with Gasteiger partial charge >= 0.3 is 0 Å². The highest BCUT2D eigenvalue weighted by atomic mass is 16.3. The fourth-order valence-corrected chi connectivity index (χ4v) is 2.76. The molecule has 0 aromatic carbocycles. The van der Waals surface area contributed by atoms with Gasteiger partial charge in [0, 0.05) is 24.7 Å². The zero-order valence-electron chi connectivity index (χ0n) is 11.8. The summed E-state index contributed by atoms with van der Waals surface area (Å²) < 4.78 is 5.43. The van der Waals surface area contributed by atoms with E-state index >= 15 is 0 Å². The Bertz CT molecular complexity index is 614. The van der Waals surface area contributed by atoms with Crippen LogP contribution in [0.4, 0.5) is 0 Å². The van der Waals surface area contributed by atoms with E-state index in [4.69, 9.17) is 4.42 Å². The Kier molecular flexibility index (Phi) is 3.34. The number of hydrogen-bond donors (Lipinski definition) is 1. The Hall–Kier alpha value is -2.04. The van der Waals surface area contributed by atoms with Crippen LogP contribution in [-0.4, -0.2) is 34.1 Å². The maximum Gasteiger partial charge on any atom is 0.289 e. The molecule has 1 saturated heterocycles. The molecule has 1 aliphatic rings. The van der Waals surface area contributed by atoms with Crippen molar-refractivity contribution in [1.29, 1.82) is 0 Å². The Morgan fingerprint density at radius 2 is 2.30 bits per heavy atom. The van der Waals surface area contributed by atoms with Crippen LogP contribution in [0.2, 0.25) is 0 Å². The average Bonchev–Trinajstić information content (AvgIpc) is 3.07. The summed E-state index contributed by atoms with van der Waals surface area (Å²) in [7, 11) is 0. The summed E-state index contributed by atoms with van der Waals surface area (Å²) in [5.74, 6) is 1.50. The van der Waals surface area contributed by atoms with E-state index in [0.717, 1.165) is 36.5 Å². The number of aryl methyl sites for hydroxylation is 2. The summed E-state index contributed by atoms with van der Waals surface area (Å²) >= 11 is 0. The number of piperidine rings is 1. The van der Waals surface area contributed by atoms with Crippen molar-refractivity contribution in [3.8, 4) is 0 Å². The lowest BCUT2D eigenvalue weighted by molar-refractivity contribution is 0.0672. The lowest BCUT2D eigenvalue weighted by Gasteiger charge is -2.31. The zero-order chi connectivity index (χ0) is 14.1. The van der Waals surface area contributed by atoms with E-state index in [-0.39, 0.29) is 5.91 Å². The van der Waals surface area contributed by atoms with Crippen LogP contribution in [0.5, 0.6) is 0 Å². The van der Waals surface area contributed by atoms with Gasteiger partial charge in [0.2, 0.25) is 0 Å². The highest BCUT2D eigenvalue weighted by Gasteiger charge is 2.28. The highest BCUT2D eigenvalue weighted by Crippen LogP contribution is 2.27. The molecule has 1 amide bonds. The Balaban J connectivity index is 1.73. The molecule has 1 aliphatic heterocycles. The van der Waals surface area contributed by atoms with Crippen LogP contribution < -0.4 is 0 Å². The second kappa shape index (κ2) is 5.15.